The van der Waals surface area contributed by atoms with Gasteiger partial charge in [0.2, 0.25) is 0 Å². The lowest BCUT2D eigenvalue weighted by molar-refractivity contribution is 0.599. The van der Waals surface area contributed by atoms with E-state index in [4.69, 9.17) is 17.3 Å². The molecule has 0 aliphatic rings. The second-order valence-electron chi connectivity index (χ2n) is 3.84. The van der Waals surface area contributed by atoms with Gasteiger partial charge in [-0.25, -0.2) is 0 Å². The van der Waals surface area contributed by atoms with Crippen LogP contribution in [0, 0.1) is 0 Å². The van der Waals surface area contributed by atoms with Crippen molar-refractivity contribution in [1.29, 1.82) is 0 Å². The zero-order chi connectivity index (χ0) is 13.3. The fourth-order valence-corrected chi connectivity index (χ4v) is 2.85. The summed E-state index contributed by atoms with van der Waals surface area (Å²) in [5.41, 5.74) is 8.25. The van der Waals surface area contributed by atoms with Gasteiger partial charge in [-0.3, -0.25) is 4.68 Å². The van der Waals surface area contributed by atoms with Crippen LogP contribution in [0.4, 0.5) is 0 Å². The molecule has 0 saturated heterocycles. The first-order chi connectivity index (χ1) is 8.54. The predicted molar refractivity (Wildman–Crippen MR) is 80.8 cm³/mol. The quantitative estimate of drug-likeness (QED) is 0.852. The molecule has 0 spiro atoms. The number of halogens is 3. The van der Waals surface area contributed by atoms with Crippen LogP contribution in [0.15, 0.2) is 33.3 Å². The molecule has 0 fully saturated rings. The highest BCUT2D eigenvalue weighted by Crippen LogP contribution is 2.30. The molecule has 0 aliphatic carbocycles. The van der Waals surface area contributed by atoms with Gasteiger partial charge < -0.3 is 5.73 Å². The summed E-state index contributed by atoms with van der Waals surface area (Å²) < 4.78 is 3.65. The molecule has 1 unspecified atom stereocenters. The van der Waals surface area contributed by atoms with Crippen LogP contribution in [0.2, 0.25) is 5.02 Å². The van der Waals surface area contributed by atoms with Crippen molar-refractivity contribution in [3.8, 4) is 0 Å². The number of aromatic nitrogens is 2. The molecule has 1 aromatic heterocycles. The first-order valence-electron chi connectivity index (χ1n) is 5.46. The number of hydrogen-bond acceptors (Lipinski definition) is 2. The Labute approximate surface area is 128 Å². The van der Waals surface area contributed by atoms with E-state index in [0.717, 1.165) is 26.7 Å². The summed E-state index contributed by atoms with van der Waals surface area (Å²) in [4.78, 5) is 0. The molecule has 3 nitrogen and oxygen atoms in total. The van der Waals surface area contributed by atoms with Crippen LogP contribution in [0.25, 0.3) is 0 Å². The average molecular weight is 394 g/mol. The molecule has 2 rings (SSSR count). The Balaban J connectivity index is 2.44. The highest BCUT2D eigenvalue weighted by molar-refractivity contribution is 9.10. The number of hydrogen-bond donors (Lipinski definition) is 1. The van der Waals surface area contributed by atoms with E-state index in [0.29, 0.717) is 5.02 Å². The first kappa shape index (κ1) is 14.1. The lowest BCUT2D eigenvalue weighted by atomic mass is 10.0. The second kappa shape index (κ2) is 5.74. The van der Waals surface area contributed by atoms with Gasteiger partial charge in [-0.05, 0) is 56.5 Å². The van der Waals surface area contributed by atoms with Crippen molar-refractivity contribution >= 4 is 43.5 Å². The van der Waals surface area contributed by atoms with Gasteiger partial charge in [-0.1, -0.05) is 17.7 Å². The van der Waals surface area contributed by atoms with E-state index in [9.17, 15) is 0 Å². The van der Waals surface area contributed by atoms with E-state index in [2.05, 4.69) is 37.0 Å². The van der Waals surface area contributed by atoms with Gasteiger partial charge in [-0.15, -0.1) is 0 Å². The second-order valence-corrected chi connectivity index (χ2v) is 5.96. The first-order valence-corrected chi connectivity index (χ1v) is 7.42. The fourth-order valence-electron chi connectivity index (χ4n) is 1.80. The Hall–Kier alpha value is -0.360. The van der Waals surface area contributed by atoms with Crippen LogP contribution in [-0.2, 0) is 6.54 Å². The summed E-state index contributed by atoms with van der Waals surface area (Å²) in [6.45, 7) is 2.82. The van der Waals surface area contributed by atoms with E-state index < -0.39 is 0 Å². The van der Waals surface area contributed by atoms with E-state index in [1.165, 1.54) is 0 Å². The van der Waals surface area contributed by atoms with Crippen molar-refractivity contribution in [2.75, 3.05) is 0 Å². The van der Waals surface area contributed by atoms with Crippen LogP contribution >= 0.6 is 43.5 Å². The topological polar surface area (TPSA) is 43.8 Å². The maximum absolute atomic E-state index is 6.30. The molecular weight excluding hydrogens is 381 g/mol. The maximum atomic E-state index is 6.30. The normalized spacial score (nSPS) is 12.7. The Morgan fingerprint density at radius 3 is 2.72 bits per heavy atom. The van der Waals surface area contributed by atoms with E-state index in [1.54, 1.807) is 6.20 Å². The van der Waals surface area contributed by atoms with E-state index >= 15 is 0 Å². The van der Waals surface area contributed by atoms with Crippen LogP contribution in [0.1, 0.15) is 24.2 Å². The standard InChI is InChI=1S/C12H12Br2ClN3/c1-2-18-12(9(14)6-17-18)11(16)7-3-4-10(15)8(13)5-7/h3-6,11H,2,16H2,1H3. The number of benzene rings is 1. The van der Waals surface area contributed by atoms with Gasteiger partial charge in [0.1, 0.15) is 0 Å². The Bertz CT molecular complexity index is 568. The van der Waals surface area contributed by atoms with Crippen LogP contribution in [-0.4, -0.2) is 9.78 Å². The summed E-state index contributed by atoms with van der Waals surface area (Å²) >= 11 is 12.9. The third-order valence-electron chi connectivity index (χ3n) is 2.73. The van der Waals surface area contributed by atoms with Gasteiger partial charge in [0.15, 0.2) is 0 Å². The summed E-state index contributed by atoms with van der Waals surface area (Å²) in [5.74, 6) is 0. The molecule has 2 aromatic rings. The molecule has 96 valence electrons. The van der Waals surface area contributed by atoms with Crippen molar-refractivity contribution in [3.05, 3.63) is 49.6 Å². The summed E-state index contributed by atoms with van der Waals surface area (Å²) in [6, 6.07) is 5.46. The Morgan fingerprint density at radius 2 is 2.11 bits per heavy atom. The smallest absolute Gasteiger partial charge is 0.0738 e. The molecule has 2 N–H and O–H groups in total. The van der Waals surface area contributed by atoms with Crippen molar-refractivity contribution in [2.24, 2.45) is 5.73 Å². The minimum atomic E-state index is -0.240. The van der Waals surface area contributed by atoms with Crippen LogP contribution < -0.4 is 5.73 Å². The molecule has 0 amide bonds. The molecular formula is C12H12Br2ClN3. The maximum Gasteiger partial charge on any atom is 0.0738 e. The molecule has 0 radical (unpaired) electrons. The zero-order valence-corrected chi connectivity index (χ0v) is 13.6. The minimum Gasteiger partial charge on any atom is -0.319 e. The molecule has 18 heavy (non-hydrogen) atoms. The minimum absolute atomic E-state index is 0.240. The van der Waals surface area contributed by atoms with Crippen LogP contribution in [0.3, 0.4) is 0 Å². The fraction of sp³-hybridized carbons (Fsp3) is 0.250. The number of nitrogens with two attached hydrogens (primary N) is 1. The van der Waals surface area contributed by atoms with Crippen molar-refractivity contribution < 1.29 is 0 Å². The largest absolute Gasteiger partial charge is 0.319 e. The van der Waals surface area contributed by atoms with Crippen molar-refractivity contribution in [2.45, 2.75) is 19.5 Å². The Morgan fingerprint density at radius 1 is 1.39 bits per heavy atom. The number of nitrogens with zero attached hydrogens (tertiary/aromatic N) is 2. The summed E-state index contributed by atoms with van der Waals surface area (Å²) in [6.07, 6.45) is 1.77. The molecule has 1 atom stereocenters. The Kier molecular flexibility index (Phi) is 4.48. The van der Waals surface area contributed by atoms with Crippen LogP contribution in [0.5, 0.6) is 0 Å². The number of aryl methyl sites for hydroxylation is 1. The zero-order valence-electron chi connectivity index (χ0n) is 9.70. The van der Waals surface area contributed by atoms with Gasteiger partial charge in [-0.2, -0.15) is 5.10 Å². The van der Waals surface area contributed by atoms with Crippen molar-refractivity contribution in [1.82, 2.24) is 9.78 Å². The SMILES string of the molecule is CCn1ncc(Br)c1C(N)c1ccc(Cl)c(Br)c1. The average Bonchev–Trinajstić information content (AvgIpc) is 2.73. The van der Waals surface area contributed by atoms with Gasteiger partial charge in [0.25, 0.3) is 0 Å². The van der Waals surface area contributed by atoms with Gasteiger partial charge >= 0.3 is 0 Å². The predicted octanol–water partition coefficient (Wildman–Crippen LogP) is 4.13. The molecule has 1 aromatic carbocycles. The van der Waals surface area contributed by atoms with Gasteiger partial charge in [0, 0.05) is 11.0 Å². The van der Waals surface area contributed by atoms with Gasteiger partial charge in [0.05, 0.1) is 27.4 Å². The molecule has 0 saturated carbocycles. The molecule has 0 bridgehead atoms. The molecule has 6 heteroatoms. The highest BCUT2D eigenvalue weighted by Gasteiger charge is 2.18. The van der Waals surface area contributed by atoms with E-state index in [1.807, 2.05) is 29.8 Å². The lowest BCUT2D eigenvalue weighted by Crippen LogP contribution is -2.17. The lowest BCUT2D eigenvalue weighted by Gasteiger charge is -2.15. The van der Waals surface area contributed by atoms with Crippen molar-refractivity contribution in [3.63, 3.8) is 0 Å². The third-order valence-corrected chi connectivity index (χ3v) is 4.56. The molecule has 1 heterocycles. The summed E-state index contributed by atoms with van der Waals surface area (Å²) in [7, 11) is 0. The summed E-state index contributed by atoms with van der Waals surface area (Å²) in [5, 5.41) is 4.95. The third kappa shape index (κ3) is 2.64. The highest BCUT2D eigenvalue weighted by atomic mass is 79.9. The van der Waals surface area contributed by atoms with E-state index in [-0.39, 0.29) is 6.04 Å². The number of rotatable bonds is 3. The monoisotopic (exact) mass is 391 g/mol. The molecule has 0 aliphatic heterocycles.